The summed E-state index contributed by atoms with van der Waals surface area (Å²) >= 11 is 0. The van der Waals surface area contributed by atoms with Crippen LogP contribution in [0.15, 0.2) is 0 Å². The number of hydroxylamine groups is 3. The molecule has 102 valence electrons. The van der Waals surface area contributed by atoms with E-state index in [1.54, 1.807) is 0 Å². The molecule has 0 amide bonds. The fourth-order valence-electron chi connectivity index (χ4n) is 2.02. The molecule has 0 aromatic rings. The van der Waals surface area contributed by atoms with Crippen LogP contribution in [-0.4, -0.2) is 31.3 Å². The highest BCUT2D eigenvalue weighted by Gasteiger charge is 2.18. The predicted molar refractivity (Wildman–Crippen MR) is 71.4 cm³/mol. The van der Waals surface area contributed by atoms with Crippen molar-refractivity contribution in [1.29, 1.82) is 0 Å². The van der Waals surface area contributed by atoms with Gasteiger partial charge in [0.25, 0.3) is 0 Å². The van der Waals surface area contributed by atoms with Gasteiger partial charge in [-0.15, -0.1) is 4.65 Å². The molecule has 0 aromatic carbocycles. The van der Waals surface area contributed by atoms with Gasteiger partial charge in [0, 0.05) is 13.3 Å². The first kappa shape index (κ1) is 16.4. The number of nitrogens with zero attached hydrogens (tertiary/aromatic N) is 1. The first-order valence-corrected chi connectivity index (χ1v) is 7.01. The van der Waals surface area contributed by atoms with Crippen LogP contribution in [0.4, 0.5) is 0 Å². The van der Waals surface area contributed by atoms with Crippen LogP contribution in [0.2, 0.25) is 0 Å². The Kier molecular flexibility index (Phi) is 9.14. The van der Waals surface area contributed by atoms with Gasteiger partial charge in [-0.05, 0) is 6.42 Å². The van der Waals surface area contributed by atoms with Crippen LogP contribution in [0.1, 0.15) is 65.2 Å². The summed E-state index contributed by atoms with van der Waals surface area (Å²) in [4.78, 5) is 16.1. The van der Waals surface area contributed by atoms with Crippen LogP contribution < -0.4 is 0 Å². The summed E-state index contributed by atoms with van der Waals surface area (Å²) in [6.45, 7) is 4.62. The number of hydrogen-bond acceptors (Lipinski definition) is 2. The lowest BCUT2D eigenvalue weighted by Crippen LogP contribution is -2.41. The van der Waals surface area contributed by atoms with E-state index in [0.29, 0.717) is 4.65 Å². The highest BCUT2D eigenvalue weighted by Crippen LogP contribution is 2.10. The van der Waals surface area contributed by atoms with Gasteiger partial charge in [0.05, 0.1) is 0 Å². The van der Waals surface area contributed by atoms with Crippen molar-refractivity contribution in [3.05, 3.63) is 0 Å². The van der Waals surface area contributed by atoms with E-state index in [2.05, 4.69) is 6.92 Å². The van der Waals surface area contributed by atoms with Crippen molar-refractivity contribution in [2.75, 3.05) is 20.6 Å². The zero-order valence-electron chi connectivity index (χ0n) is 12.1. The van der Waals surface area contributed by atoms with Gasteiger partial charge in [-0.2, -0.15) is 0 Å². The Labute approximate surface area is 107 Å². The van der Waals surface area contributed by atoms with Gasteiger partial charge in [-0.1, -0.05) is 45.4 Å². The maximum Gasteiger partial charge on any atom is 0.363 e. The Morgan fingerprint density at radius 1 is 0.941 bits per heavy atom. The Balaban J connectivity index is 3.35. The predicted octanol–water partition coefficient (Wildman–Crippen LogP) is 3.68. The molecular formula is C14H30NO2+. The molecular weight excluding hydrogens is 214 g/mol. The second-order valence-electron chi connectivity index (χ2n) is 5.36. The Morgan fingerprint density at radius 3 is 1.88 bits per heavy atom. The summed E-state index contributed by atoms with van der Waals surface area (Å²) in [5.41, 5.74) is 0. The summed E-state index contributed by atoms with van der Waals surface area (Å²) in [6.07, 6.45) is 10.5. The van der Waals surface area contributed by atoms with E-state index in [4.69, 9.17) is 4.84 Å². The van der Waals surface area contributed by atoms with Gasteiger partial charge in [0.2, 0.25) is 0 Å². The molecule has 0 aliphatic carbocycles. The van der Waals surface area contributed by atoms with Crippen LogP contribution in [0.3, 0.4) is 0 Å². The molecule has 0 saturated carbocycles. The average molecular weight is 244 g/mol. The largest absolute Gasteiger partial charge is 0.363 e. The van der Waals surface area contributed by atoms with E-state index in [0.717, 1.165) is 13.0 Å². The molecule has 0 atom stereocenters. The van der Waals surface area contributed by atoms with Gasteiger partial charge >= 0.3 is 5.97 Å². The second-order valence-corrected chi connectivity index (χ2v) is 5.36. The second kappa shape index (κ2) is 9.46. The number of rotatable bonds is 10. The summed E-state index contributed by atoms with van der Waals surface area (Å²) in [5.74, 6) is -0.199. The monoisotopic (exact) mass is 244 g/mol. The molecule has 0 aliphatic rings. The topological polar surface area (TPSA) is 26.3 Å². The first-order valence-electron chi connectivity index (χ1n) is 7.01. The standard InChI is InChI=1S/C14H30NO2/c1-5-6-7-8-9-10-11-12-13-15(3,4)17-14(2)16/h5-13H2,1-4H3/q+1. The quantitative estimate of drug-likeness (QED) is 0.333. The number of carbonyl (C=O) groups excluding carboxylic acids is 1. The summed E-state index contributed by atoms with van der Waals surface area (Å²) < 4.78 is 0.352. The maximum absolute atomic E-state index is 10.9. The van der Waals surface area contributed by atoms with Crippen LogP contribution in [0.25, 0.3) is 0 Å². The van der Waals surface area contributed by atoms with E-state index < -0.39 is 0 Å². The number of unbranched alkanes of at least 4 members (excludes halogenated alkanes) is 7. The molecule has 0 N–H and O–H groups in total. The van der Waals surface area contributed by atoms with E-state index in [-0.39, 0.29) is 5.97 Å². The SMILES string of the molecule is CCCCCCCCCC[N+](C)(C)OC(C)=O. The lowest BCUT2D eigenvalue weighted by molar-refractivity contribution is -1.06. The molecule has 0 aliphatic heterocycles. The molecule has 3 heteroatoms. The third-order valence-electron chi connectivity index (χ3n) is 2.93. The van der Waals surface area contributed by atoms with Crippen molar-refractivity contribution >= 4 is 5.97 Å². The van der Waals surface area contributed by atoms with Crippen LogP contribution >= 0.6 is 0 Å². The maximum atomic E-state index is 10.9. The third kappa shape index (κ3) is 11.7. The van der Waals surface area contributed by atoms with Crippen LogP contribution in [0, 0.1) is 0 Å². The lowest BCUT2D eigenvalue weighted by Gasteiger charge is -2.25. The third-order valence-corrected chi connectivity index (χ3v) is 2.93. The van der Waals surface area contributed by atoms with E-state index in [1.807, 2.05) is 14.1 Å². The van der Waals surface area contributed by atoms with Crippen molar-refractivity contribution in [1.82, 2.24) is 0 Å². The zero-order chi connectivity index (χ0) is 13.1. The average Bonchev–Trinajstić information content (AvgIpc) is 2.20. The van der Waals surface area contributed by atoms with Crippen molar-refractivity contribution in [3.8, 4) is 0 Å². The van der Waals surface area contributed by atoms with Crippen LogP contribution in [-0.2, 0) is 9.63 Å². The number of hydrogen-bond donors (Lipinski definition) is 0. The minimum Gasteiger partial charge on any atom is -0.277 e. The molecule has 3 nitrogen and oxygen atoms in total. The number of carbonyl (C=O) groups is 1. The van der Waals surface area contributed by atoms with Gasteiger partial charge < -0.3 is 0 Å². The van der Waals surface area contributed by atoms with Crippen molar-refractivity contribution in [3.63, 3.8) is 0 Å². The first-order chi connectivity index (χ1) is 7.98. The molecule has 0 fully saturated rings. The molecule has 0 heterocycles. The smallest absolute Gasteiger partial charge is 0.277 e. The highest BCUT2D eigenvalue weighted by molar-refractivity contribution is 5.65. The van der Waals surface area contributed by atoms with E-state index >= 15 is 0 Å². The van der Waals surface area contributed by atoms with Crippen LogP contribution in [0.5, 0.6) is 0 Å². The Hall–Kier alpha value is -0.570. The van der Waals surface area contributed by atoms with Crippen molar-refractivity contribution in [2.24, 2.45) is 0 Å². The Bertz CT molecular complexity index is 202. The molecule has 0 bridgehead atoms. The zero-order valence-corrected chi connectivity index (χ0v) is 12.1. The van der Waals surface area contributed by atoms with E-state index in [9.17, 15) is 4.79 Å². The minimum absolute atomic E-state index is 0.199. The minimum atomic E-state index is -0.199. The molecule has 17 heavy (non-hydrogen) atoms. The fourth-order valence-corrected chi connectivity index (χ4v) is 2.02. The van der Waals surface area contributed by atoms with Gasteiger partial charge in [0.15, 0.2) is 0 Å². The highest BCUT2D eigenvalue weighted by atomic mass is 16.7. The summed E-state index contributed by atoms with van der Waals surface area (Å²) in [6, 6.07) is 0. The molecule has 0 saturated heterocycles. The van der Waals surface area contributed by atoms with Crippen molar-refractivity contribution in [2.45, 2.75) is 65.2 Å². The number of quaternary nitrogens is 1. The molecule has 0 spiro atoms. The summed E-state index contributed by atoms with van der Waals surface area (Å²) in [5, 5.41) is 0. The lowest BCUT2D eigenvalue weighted by atomic mass is 10.1. The molecule has 0 unspecified atom stereocenters. The molecule has 0 radical (unpaired) electrons. The molecule has 0 aromatic heterocycles. The van der Waals surface area contributed by atoms with E-state index in [1.165, 1.54) is 51.9 Å². The fraction of sp³-hybridized carbons (Fsp3) is 0.929. The van der Waals surface area contributed by atoms with Crippen molar-refractivity contribution < 1.29 is 14.3 Å². The van der Waals surface area contributed by atoms with Gasteiger partial charge in [0.1, 0.15) is 20.6 Å². The Morgan fingerprint density at radius 2 is 1.41 bits per heavy atom. The summed E-state index contributed by atoms with van der Waals surface area (Å²) in [7, 11) is 3.87. The van der Waals surface area contributed by atoms with Gasteiger partial charge in [-0.3, -0.25) is 4.84 Å². The molecule has 0 rings (SSSR count). The normalized spacial score (nSPS) is 11.5. The van der Waals surface area contributed by atoms with Gasteiger partial charge in [-0.25, -0.2) is 4.79 Å².